The SMILES string of the molecule is C(=Cc1ccc(N(c2ccccc2)c2ccccc2)cc1)c1ccc(-c2ccc(/C=C\c3ccc(N(c4ccccc4)c4ccccc4)cc3)cc2)cc1. The lowest BCUT2D eigenvalue weighted by molar-refractivity contribution is 1.28. The van der Waals surface area contributed by atoms with Crippen molar-refractivity contribution in [1.82, 2.24) is 0 Å². The van der Waals surface area contributed by atoms with Gasteiger partial charge in [-0.15, -0.1) is 0 Å². The highest BCUT2D eigenvalue weighted by Gasteiger charge is 2.12. The van der Waals surface area contributed by atoms with Crippen LogP contribution >= 0.6 is 0 Å². The number of hydrogen-bond donors (Lipinski definition) is 0. The molecule has 2 nitrogen and oxygen atoms in total. The molecule has 0 fully saturated rings. The Morgan fingerprint density at radius 3 is 0.648 bits per heavy atom. The van der Waals surface area contributed by atoms with Gasteiger partial charge < -0.3 is 9.80 Å². The molecule has 0 aromatic heterocycles. The second-order valence-electron chi connectivity index (χ2n) is 13.1. The summed E-state index contributed by atoms with van der Waals surface area (Å²) in [6, 6.07) is 76.9. The normalized spacial score (nSPS) is 11.2. The Hall–Kier alpha value is -7.16. The number of anilines is 6. The van der Waals surface area contributed by atoms with Gasteiger partial charge in [-0.2, -0.15) is 0 Å². The minimum absolute atomic E-state index is 1.12. The Morgan fingerprint density at radius 1 is 0.204 bits per heavy atom. The lowest BCUT2D eigenvalue weighted by Crippen LogP contribution is -2.09. The average Bonchev–Trinajstić information content (AvgIpc) is 3.25. The molecule has 258 valence electrons. The molecule has 0 aliphatic rings. The summed E-state index contributed by atoms with van der Waals surface area (Å²) in [6.45, 7) is 0. The maximum atomic E-state index is 2.28. The van der Waals surface area contributed by atoms with Crippen LogP contribution in [0.2, 0.25) is 0 Å². The summed E-state index contributed by atoms with van der Waals surface area (Å²) < 4.78 is 0. The Bertz CT molecular complexity index is 2160. The molecule has 0 aliphatic carbocycles. The van der Waals surface area contributed by atoms with Crippen LogP contribution in [0.25, 0.3) is 35.4 Å². The minimum atomic E-state index is 1.12. The fraction of sp³-hybridized carbons (Fsp3) is 0. The van der Waals surface area contributed by atoms with Crippen LogP contribution in [-0.2, 0) is 0 Å². The lowest BCUT2D eigenvalue weighted by atomic mass is 10.0. The van der Waals surface area contributed by atoms with Gasteiger partial charge in [-0.1, -0.05) is 170 Å². The molecule has 2 heteroatoms. The summed E-state index contributed by atoms with van der Waals surface area (Å²) in [5, 5.41) is 0. The van der Waals surface area contributed by atoms with Gasteiger partial charge in [-0.25, -0.2) is 0 Å². The second kappa shape index (κ2) is 16.5. The first-order chi connectivity index (χ1) is 26.8. The molecule has 54 heavy (non-hydrogen) atoms. The maximum Gasteiger partial charge on any atom is 0.0462 e. The topological polar surface area (TPSA) is 6.48 Å². The van der Waals surface area contributed by atoms with Crippen LogP contribution in [-0.4, -0.2) is 0 Å². The monoisotopic (exact) mass is 692 g/mol. The van der Waals surface area contributed by atoms with Crippen molar-refractivity contribution in [2.75, 3.05) is 9.80 Å². The Balaban J connectivity index is 0.904. The standard InChI is InChI=1S/C52H40N2/c1-5-13-47(14-6-1)53(48-15-7-2-8-16-48)51-37-29-43(30-38-51)23-21-41-25-33-45(34-26-41)46-35-27-42(28-36-46)22-24-44-31-39-52(40-32-44)54(49-17-9-3-10-18-49)50-19-11-4-12-20-50/h1-40H/b23-21-,24-22?. The smallest absolute Gasteiger partial charge is 0.0462 e. The number of benzene rings is 8. The summed E-state index contributed by atoms with van der Waals surface area (Å²) >= 11 is 0. The summed E-state index contributed by atoms with van der Waals surface area (Å²) in [4.78, 5) is 4.56. The Kier molecular flexibility index (Phi) is 10.3. The molecule has 0 bridgehead atoms. The van der Waals surface area contributed by atoms with Gasteiger partial charge in [0, 0.05) is 34.1 Å². The van der Waals surface area contributed by atoms with Crippen molar-refractivity contribution >= 4 is 58.4 Å². The molecule has 0 N–H and O–H groups in total. The summed E-state index contributed by atoms with van der Waals surface area (Å²) in [7, 11) is 0. The highest BCUT2D eigenvalue weighted by atomic mass is 15.1. The van der Waals surface area contributed by atoms with Crippen LogP contribution in [0, 0.1) is 0 Å². The summed E-state index contributed by atoms with van der Waals surface area (Å²) in [5.74, 6) is 0. The van der Waals surface area contributed by atoms with Gasteiger partial charge in [-0.05, 0) is 106 Å². The first kappa shape index (κ1) is 34.0. The molecule has 0 heterocycles. The van der Waals surface area contributed by atoms with E-state index in [0.29, 0.717) is 0 Å². The van der Waals surface area contributed by atoms with E-state index in [0.717, 1.165) is 45.3 Å². The summed E-state index contributed by atoms with van der Waals surface area (Å²) in [5.41, 5.74) is 13.8. The third-order valence-corrected chi connectivity index (χ3v) is 9.45. The Morgan fingerprint density at radius 2 is 0.407 bits per heavy atom. The van der Waals surface area contributed by atoms with E-state index in [1.807, 2.05) is 0 Å². The molecule has 0 saturated heterocycles. The van der Waals surface area contributed by atoms with Crippen molar-refractivity contribution in [3.63, 3.8) is 0 Å². The largest absolute Gasteiger partial charge is 0.311 e. The zero-order chi connectivity index (χ0) is 36.4. The fourth-order valence-electron chi connectivity index (χ4n) is 6.63. The van der Waals surface area contributed by atoms with E-state index >= 15 is 0 Å². The zero-order valence-electron chi connectivity index (χ0n) is 30.0. The molecule has 0 saturated carbocycles. The molecule has 0 radical (unpaired) electrons. The minimum Gasteiger partial charge on any atom is -0.311 e. The molecule has 0 spiro atoms. The van der Waals surface area contributed by atoms with Crippen LogP contribution in [0.15, 0.2) is 218 Å². The van der Waals surface area contributed by atoms with Gasteiger partial charge in [0.1, 0.15) is 0 Å². The van der Waals surface area contributed by atoms with Crippen LogP contribution < -0.4 is 9.80 Å². The predicted molar refractivity (Wildman–Crippen MR) is 232 cm³/mol. The van der Waals surface area contributed by atoms with Crippen molar-refractivity contribution in [3.05, 3.63) is 241 Å². The van der Waals surface area contributed by atoms with Crippen LogP contribution in [0.1, 0.15) is 22.3 Å². The first-order valence-corrected chi connectivity index (χ1v) is 18.3. The van der Waals surface area contributed by atoms with Gasteiger partial charge in [0.2, 0.25) is 0 Å². The van der Waals surface area contributed by atoms with Crippen molar-refractivity contribution < 1.29 is 0 Å². The van der Waals surface area contributed by atoms with Gasteiger partial charge >= 0.3 is 0 Å². The lowest BCUT2D eigenvalue weighted by Gasteiger charge is -2.25. The van der Waals surface area contributed by atoms with E-state index < -0.39 is 0 Å². The van der Waals surface area contributed by atoms with Crippen molar-refractivity contribution in [1.29, 1.82) is 0 Å². The molecule has 8 rings (SSSR count). The number of para-hydroxylation sites is 4. The van der Waals surface area contributed by atoms with Crippen molar-refractivity contribution in [3.8, 4) is 11.1 Å². The predicted octanol–water partition coefficient (Wildman–Crippen LogP) is 14.6. The molecule has 0 unspecified atom stereocenters. The van der Waals surface area contributed by atoms with E-state index in [4.69, 9.17) is 0 Å². The van der Waals surface area contributed by atoms with Crippen LogP contribution in [0.3, 0.4) is 0 Å². The van der Waals surface area contributed by atoms with E-state index in [2.05, 4.69) is 252 Å². The number of nitrogens with zero attached hydrogens (tertiary/aromatic N) is 2. The van der Waals surface area contributed by atoms with Gasteiger partial charge in [0.05, 0.1) is 0 Å². The highest BCUT2D eigenvalue weighted by Crippen LogP contribution is 2.36. The van der Waals surface area contributed by atoms with Gasteiger partial charge in [-0.3, -0.25) is 0 Å². The van der Waals surface area contributed by atoms with Crippen LogP contribution in [0.5, 0.6) is 0 Å². The number of rotatable bonds is 11. The molecular formula is C52H40N2. The Labute approximate surface area is 318 Å². The quantitative estimate of drug-likeness (QED) is 0.125. The van der Waals surface area contributed by atoms with Crippen molar-refractivity contribution in [2.24, 2.45) is 0 Å². The third-order valence-electron chi connectivity index (χ3n) is 9.45. The first-order valence-electron chi connectivity index (χ1n) is 18.3. The fourth-order valence-corrected chi connectivity index (χ4v) is 6.63. The molecule has 0 aliphatic heterocycles. The van der Waals surface area contributed by atoms with E-state index in [1.54, 1.807) is 0 Å². The average molecular weight is 693 g/mol. The zero-order valence-corrected chi connectivity index (χ0v) is 30.0. The van der Waals surface area contributed by atoms with Crippen molar-refractivity contribution in [2.45, 2.75) is 0 Å². The maximum absolute atomic E-state index is 2.28. The van der Waals surface area contributed by atoms with Gasteiger partial charge in [0.25, 0.3) is 0 Å². The molecule has 8 aromatic carbocycles. The van der Waals surface area contributed by atoms with E-state index in [9.17, 15) is 0 Å². The number of hydrogen-bond acceptors (Lipinski definition) is 2. The van der Waals surface area contributed by atoms with Gasteiger partial charge in [0.15, 0.2) is 0 Å². The summed E-state index contributed by atoms with van der Waals surface area (Å²) in [6.07, 6.45) is 8.69. The molecular weight excluding hydrogens is 653 g/mol. The van der Waals surface area contributed by atoms with Crippen LogP contribution in [0.4, 0.5) is 34.1 Å². The highest BCUT2D eigenvalue weighted by molar-refractivity contribution is 5.80. The molecule has 0 atom stereocenters. The molecule has 0 amide bonds. The van der Waals surface area contributed by atoms with E-state index in [-0.39, 0.29) is 0 Å². The van der Waals surface area contributed by atoms with E-state index in [1.165, 1.54) is 22.3 Å². The molecule has 8 aromatic rings. The second-order valence-corrected chi connectivity index (χ2v) is 13.1. The third kappa shape index (κ3) is 8.15.